The number of thioether (sulfide) groups is 1. The predicted octanol–water partition coefficient (Wildman–Crippen LogP) is 4.60. The Balaban J connectivity index is 1.85. The molecule has 1 aromatic carbocycles. The molecule has 0 aliphatic heterocycles. The van der Waals surface area contributed by atoms with E-state index in [1.165, 1.54) is 17.3 Å². The number of benzene rings is 1. The molecule has 28 heavy (non-hydrogen) atoms. The van der Waals surface area contributed by atoms with Gasteiger partial charge in [-0.15, -0.1) is 0 Å². The molecular weight excluding hydrogens is 370 g/mol. The van der Waals surface area contributed by atoms with Gasteiger partial charge in [-0.2, -0.15) is 5.26 Å². The van der Waals surface area contributed by atoms with E-state index >= 15 is 0 Å². The van der Waals surface area contributed by atoms with Crippen LogP contribution in [0.15, 0.2) is 35.4 Å². The number of para-hydroxylation sites is 2. The van der Waals surface area contributed by atoms with Crippen LogP contribution >= 0.6 is 11.8 Å². The topological polar surface area (TPSA) is 75.0 Å². The highest BCUT2D eigenvalue weighted by molar-refractivity contribution is 8.00. The third kappa shape index (κ3) is 4.48. The van der Waals surface area contributed by atoms with Gasteiger partial charge in [-0.05, 0) is 55.4 Å². The number of hydrogen-bond donors (Lipinski definition) is 1. The fourth-order valence-electron chi connectivity index (χ4n) is 3.35. The van der Waals surface area contributed by atoms with Crippen molar-refractivity contribution in [3.63, 3.8) is 0 Å². The minimum Gasteiger partial charge on any atom is -0.495 e. The van der Waals surface area contributed by atoms with Gasteiger partial charge in [-0.3, -0.25) is 4.79 Å². The Kier molecular flexibility index (Phi) is 6.58. The van der Waals surface area contributed by atoms with Crippen molar-refractivity contribution >= 4 is 23.4 Å². The zero-order valence-corrected chi connectivity index (χ0v) is 17.3. The molecule has 1 aliphatic carbocycles. The molecule has 146 valence electrons. The molecule has 0 fully saturated rings. The number of carbonyl (C=O) groups excluding carboxylic acids is 1. The molecular formula is C22H25N3O2S. The van der Waals surface area contributed by atoms with E-state index in [9.17, 15) is 10.1 Å². The number of amides is 1. The minimum absolute atomic E-state index is 0.0732. The lowest BCUT2D eigenvalue weighted by Crippen LogP contribution is -2.30. The largest absolute Gasteiger partial charge is 0.495 e. The summed E-state index contributed by atoms with van der Waals surface area (Å²) in [5, 5.41) is 12.8. The molecule has 2 aromatic rings. The Morgan fingerprint density at radius 3 is 2.75 bits per heavy atom. The van der Waals surface area contributed by atoms with E-state index in [-0.39, 0.29) is 17.1 Å². The van der Waals surface area contributed by atoms with Crippen LogP contribution in [-0.2, 0) is 17.6 Å². The van der Waals surface area contributed by atoms with E-state index in [2.05, 4.69) is 11.4 Å². The molecule has 0 spiro atoms. The average Bonchev–Trinajstić information content (AvgIpc) is 2.71. The lowest BCUT2D eigenvalue weighted by atomic mass is 9.95. The van der Waals surface area contributed by atoms with Crippen LogP contribution in [0.4, 0.5) is 5.69 Å². The third-order valence-electron chi connectivity index (χ3n) is 4.85. The predicted molar refractivity (Wildman–Crippen MR) is 112 cm³/mol. The normalized spacial score (nSPS) is 14.1. The molecule has 1 atom stereocenters. The molecule has 1 aromatic heterocycles. The number of nitrogens with one attached hydrogen (secondary N) is 1. The van der Waals surface area contributed by atoms with Crippen LogP contribution in [0, 0.1) is 17.2 Å². The molecule has 1 unspecified atom stereocenters. The molecule has 1 heterocycles. The van der Waals surface area contributed by atoms with E-state index in [1.807, 2.05) is 44.2 Å². The van der Waals surface area contributed by atoms with Crippen molar-refractivity contribution in [2.24, 2.45) is 5.92 Å². The number of ether oxygens (including phenoxy) is 1. The summed E-state index contributed by atoms with van der Waals surface area (Å²) in [4.78, 5) is 17.8. The second-order valence-corrected chi connectivity index (χ2v) is 8.37. The van der Waals surface area contributed by atoms with Gasteiger partial charge in [0.1, 0.15) is 16.8 Å². The minimum atomic E-state index is -0.369. The molecule has 6 heteroatoms. The Hall–Kier alpha value is -2.52. The summed E-state index contributed by atoms with van der Waals surface area (Å²) in [5.41, 5.74) is 3.44. The van der Waals surface area contributed by atoms with Gasteiger partial charge in [0.15, 0.2) is 0 Å². The van der Waals surface area contributed by atoms with E-state index < -0.39 is 0 Å². The summed E-state index contributed by atoms with van der Waals surface area (Å²) < 4.78 is 5.33. The highest BCUT2D eigenvalue weighted by atomic mass is 32.2. The van der Waals surface area contributed by atoms with Crippen LogP contribution in [0.5, 0.6) is 5.75 Å². The van der Waals surface area contributed by atoms with Crippen molar-refractivity contribution in [2.75, 3.05) is 12.4 Å². The Bertz CT molecular complexity index is 905. The van der Waals surface area contributed by atoms with E-state index in [0.717, 1.165) is 31.4 Å². The number of aromatic nitrogens is 1. The van der Waals surface area contributed by atoms with Gasteiger partial charge >= 0.3 is 0 Å². The summed E-state index contributed by atoms with van der Waals surface area (Å²) >= 11 is 1.38. The maximum absolute atomic E-state index is 13.0. The Labute approximate surface area is 170 Å². The number of pyridine rings is 1. The van der Waals surface area contributed by atoms with Crippen LogP contribution in [0.25, 0.3) is 0 Å². The van der Waals surface area contributed by atoms with E-state index in [4.69, 9.17) is 9.72 Å². The van der Waals surface area contributed by atoms with Crippen LogP contribution in [0.1, 0.15) is 43.5 Å². The van der Waals surface area contributed by atoms with Gasteiger partial charge in [0.25, 0.3) is 0 Å². The van der Waals surface area contributed by atoms with Crippen LogP contribution in [0.3, 0.4) is 0 Å². The number of fused-ring (bicyclic) bond motifs is 1. The number of nitrogens with zero attached hydrogens (tertiary/aromatic N) is 2. The molecule has 1 aliphatic rings. The molecule has 0 radical (unpaired) electrons. The number of nitriles is 1. The van der Waals surface area contributed by atoms with Crippen LogP contribution < -0.4 is 10.1 Å². The van der Waals surface area contributed by atoms with Gasteiger partial charge in [0, 0.05) is 5.69 Å². The number of hydrogen-bond acceptors (Lipinski definition) is 5. The lowest BCUT2D eigenvalue weighted by Gasteiger charge is -2.22. The third-order valence-corrected chi connectivity index (χ3v) is 6.40. The number of carbonyl (C=O) groups is 1. The fraction of sp³-hybridized carbons (Fsp3) is 0.409. The van der Waals surface area contributed by atoms with Crippen LogP contribution in [0.2, 0.25) is 0 Å². The monoisotopic (exact) mass is 395 g/mol. The molecule has 5 nitrogen and oxygen atoms in total. The van der Waals surface area contributed by atoms with Crippen molar-refractivity contribution in [3.05, 3.63) is 47.2 Å². The number of methoxy groups -OCH3 is 1. The first kappa shape index (κ1) is 20.2. The smallest absolute Gasteiger partial charge is 0.238 e. The lowest BCUT2D eigenvalue weighted by molar-refractivity contribution is -0.116. The van der Waals surface area contributed by atoms with E-state index in [1.54, 1.807) is 7.11 Å². The molecule has 0 bridgehead atoms. The summed E-state index contributed by atoms with van der Waals surface area (Å²) in [6, 6.07) is 11.6. The second kappa shape index (κ2) is 9.11. The average molecular weight is 396 g/mol. The first-order valence-electron chi connectivity index (χ1n) is 9.57. The van der Waals surface area contributed by atoms with Gasteiger partial charge in [-0.1, -0.05) is 37.7 Å². The summed E-state index contributed by atoms with van der Waals surface area (Å²) in [5.74, 6) is 0.574. The highest BCUT2D eigenvalue weighted by Crippen LogP contribution is 2.33. The Morgan fingerprint density at radius 1 is 1.29 bits per heavy atom. The van der Waals surface area contributed by atoms with Gasteiger partial charge in [-0.25, -0.2) is 4.98 Å². The first-order valence-corrected chi connectivity index (χ1v) is 10.4. The van der Waals surface area contributed by atoms with Gasteiger partial charge in [0.2, 0.25) is 5.91 Å². The zero-order chi connectivity index (χ0) is 20.1. The highest BCUT2D eigenvalue weighted by Gasteiger charge is 2.27. The summed E-state index contributed by atoms with van der Waals surface area (Å²) in [6.07, 6.45) is 4.18. The number of aryl methyl sites for hydroxylation is 2. The SMILES string of the molecule is COc1ccccc1NC(=O)C(Sc1nc2c(cc1C#N)CCCC2)C(C)C. The maximum atomic E-state index is 13.0. The van der Waals surface area contributed by atoms with Gasteiger partial charge < -0.3 is 10.1 Å². The number of anilines is 1. The van der Waals surface area contributed by atoms with Crippen molar-refractivity contribution in [1.29, 1.82) is 5.26 Å². The zero-order valence-electron chi connectivity index (χ0n) is 16.5. The summed E-state index contributed by atoms with van der Waals surface area (Å²) in [7, 11) is 1.58. The van der Waals surface area contributed by atoms with Crippen molar-refractivity contribution in [2.45, 2.75) is 49.8 Å². The van der Waals surface area contributed by atoms with Crippen LogP contribution in [-0.4, -0.2) is 23.3 Å². The van der Waals surface area contributed by atoms with E-state index in [0.29, 0.717) is 22.0 Å². The molecule has 3 rings (SSSR count). The molecule has 0 saturated heterocycles. The maximum Gasteiger partial charge on any atom is 0.238 e. The molecule has 0 saturated carbocycles. The van der Waals surface area contributed by atoms with Crippen molar-refractivity contribution < 1.29 is 9.53 Å². The molecule has 1 N–H and O–H groups in total. The first-order chi connectivity index (χ1) is 13.5. The quantitative estimate of drug-likeness (QED) is 0.724. The standard InChI is InChI=1S/C22H25N3O2S/c1-14(2)20(21(26)24-18-10-6-7-11-19(18)27-3)28-22-16(13-23)12-15-8-4-5-9-17(15)25-22/h6-7,10-12,14,20H,4-5,8-9H2,1-3H3,(H,24,26). The van der Waals surface area contributed by atoms with Crippen molar-refractivity contribution in [1.82, 2.24) is 4.98 Å². The molecule has 1 amide bonds. The summed E-state index contributed by atoms with van der Waals surface area (Å²) in [6.45, 7) is 4.01. The fourth-order valence-corrected chi connectivity index (χ4v) is 4.42. The second-order valence-electron chi connectivity index (χ2n) is 7.24. The van der Waals surface area contributed by atoms with Crippen molar-refractivity contribution in [3.8, 4) is 11.8 Å². The Morgan fingerprint density at radius 2 is 2.04 bits per heavy atom. The van der Waals surface area contributed by atoms with Gasteiger partial charge in [0.05, 0.1) is 23.6 Å². The number of rotatable bonds is 6.